The first-order chi connectivity index (χ1) is 8.90. The largest absolute Gasteiger partial charge is 0.496 e. The Labute approximate surface area is 114 Å². The van der Waals surface area contributed by atoms with Gasteiger partial charge in [-0.15, -0.1) is 0 Å². The molecule has 3 N–H and O–H groups in total. The van der Waals surface area contributed by atoms with Crippen LogP contribution in [0.25, 0.3) is 0 Å². The van der Waals surface area contributed by atoms with Crippen molar-refractivity contribution in [2.24, 2.45) is 5.84 Å². The number of nitrogens with two attached hydrogens (primary N) is 1. The maximum atomic E-state index is 13.5. The number of halogens is 1. The molecule has 0 spiro atoms. The van der Waals surface area contributed by atoms with Gasteiger partial charge in [-0.3, -0.25) is 11.3 Å². The molecule has 19 heavy (non-hydrogen) atoms. The summed E-state index contributed by atoms with van der Waals surface area (Å²) in [6.07, 6.45) is 0.856. The summed E-state index contributed by atoms with van der Waals surface area (Å²) in [6, 6.07) is 4.24. The summed E-state index contributed by atoms with van der Waals surface area (Å²) in [5, 5.41) is 0. The Hall–Kier alpha value is -1.17. The van der Waals surface area contributed by atoms with E-state index in [0.717, 1.165) is 12.0 Å². The summed E-state index contributed by atoms with van der Waals surface area (Å²) < 4.78 is 18.9. The van der Waals surface area contributed by atoms with Crippen molar-refractivity contribution in [2.75, 3.05) is 21.2 Å². The zero-order valence-electron chi connectivity index (χ0n) is 12.3. The van der Waals surface area contributed by atoms with Crippen LogP contribution >= 0.6 is 0 Å². The molecule has 1 aromatic carbocycles. The maximum absolute atomic E-state index is 13.5. The summed E-state index contributed by atoms with van der Waals surface area (Å²) in [5.74, 6) is 6.06. The molecule has 2 atom stereocenters. The second-order valence-electron chi connectivity index (χ2n) is 5.09. The standard InChI is InChI=1S/C14H24FN3O/c1-6-14(2,18(3)4)13(17-16)11-9-10(15)7-8-12(11)19-5/h7-9,13,17H,6,16H2,1-5H3. The van der Waals surface area contributed by atoms with Crippen LogP contribution in [0.15, 0.2) is 18.2 Å². The lowest BCUT2D eigenvalue weighted by Crippen LogP contribution is -2.53. The molecule has 0 fully saturated rings. The van der Waals surface area contributed by atoms with Crippen molar-refractivity contribution in [1.29, 1.82) is 0 Å². The molecule has 0 aliphatic heterocycles. The Morgan fingerprint density at radius 3 is 2.53 bits per heavy atom. The highest BCUT2D eigenvalue weighted by Crippen LogP contribution is 2.36. The van der Waals surface area contributed by atoms with Crippen molar-refractivity contribution in [3.63, 3.8) is 0 Å². The van der Waals surface area contributed by atoms with E-state index in [1.807, 2.05) is 14.1 Å². The van der Waals surface area contributed by atoms with E-state index in [1.54, 1.807) is 13.2 Å². The first-order valence-corrected chi connectivity index (χ1v) is 6.37. The van der Waals surface area contributed by atoms with E-state index in [1.165, 1.54) is 12.1 Å². The number of likely N-dealkylation sites (N-methyl/N-ethyl adjacent to an activating group) is 1. The van der Waals surface area contributed by atoms with Crippen molar-refractivity contribution in [1.82, 2.24) is 10.3 Å². The third-order valence-electron chi connectivity index (χ3n) is 4.03. The minimum Gasteiger partial charge on any atom is -0.496 e. The first-order valence-electron chi connectivity index (χ1n) is 6.37. The van der Waals surface area contributed by atoms with E-state index in [2.05, 4.69) is 24.2 Å². The topological polar surface area (TPSA) is 50.5 Å². The molecule has 0 aromatic heterocycles. The molecule has 0 saturated carbocycles. The molecule has 0 bridgehead atoms. The summed E-state index contributed by atoms with van der Waals surface area (Å²) in [5.41, 5.74) is 3.28. The number of rotatable bonds is 6. The molecule has 0 aliphatic carbocycles. The number of methoxy groups -OCH3 is 1. The Morgan fingerprint density at radius 2 is 2.11 bits per heavy atom. The smallest absolute Gasteiger partial charge is 0.123 e. The van der Waals surface area contributed by atoms with E-state index in [4.69, 9.17) is 10.6 Å². The van der Waals surface area contributed by atoms with Crippen LogP contribution in [-0.2, 0) is 0 Å². The van der Waals surface area contributed by atoms with Crippen LogP contribution < -0.4 is 16.0 Å². The zero-order valence-corrected chi connectivity index (χ0v) is 12.3. The SMILES string of the molecule is CCC(C)(C(NN)c1cc(F)ccc1OC)N(C)C. The third-order valence-corrected chi connectivity index (χ3v) is 4.03. The summed E-state index contributed by atoms with van der Waals surface area (Å²) in [7, 11) is 5.54. The second kappa shape index (κ2) is 6.32. The van der Waals surface area contributed by atoms with Gasteiger partial charge in [-0.05, 0) is 45.6 Å². The Morgan fingerprint density at radius 1 is 1.47 bits per heavy atom. The average molecular weight is 269 g/mol. The van der Waals surface area contributed by atoms with Gasteiger partial charge in [0.1, 0.15) is 11.6 Å². The molecule has 0 heterocycles. The second-order valence-corrected chi connectivity index (χ2v) is 5.09. The predicted octanol–water partition coefficient (Wildman–Crippen LogP) is 2.07. The van der Waals surface area contributed by atoms with E-state index in [0.29, 0.717) is 5.75 Å². The molecule has 1 rings (SSSR count). The van der Waals surface area contributed by atoms with Gasteiger partial charge < -0.3 is 9.64 Å². The molecule has 0 aliphatic rings. The highest BCUT2D eigenvalue weighted by atomic mass is 19.1. The lowest BCUT2D eigenvalue weighted by molar-refractivity contribution is 0.111. The van der Waals surface area contributed by atoms with Crippen LogP contribution in [0.4, 0.5) is 4.39 Å². The molecule has 1 aromatic rings. The van der Waals surface area contributed by atoms with Gasteiger partial charge in [0.05, 0.1) is 13.2 Å². The van der Waals surface area contributed by atoms with Gasteiger partial charge in [0, 0.05) is 11.1 Å². The highest BCUT2D eigenvalue weighted by molar-refractivity contribution is 5.38. The van der Waals surface area contributed by atoms with E-state index in [-0.39, 0.29) is 17.4 Å². The number of hydrogen-bond donors (Lipinski definition) is 2. The number of benzene rings is 1. The van der Waals surface area contributed by atoms with Gasteiger partial charge in [-0.25, -0.2) is 4.39 Å². The molecular weight excluding hydrogens is 245 g/mol. The van der Waals surface area contributed by atoms with Crippen LogP contribution in [0.3, 0.4) is 0 Å². The minimum absolute atomic E-state index is 0.238. The molecular formula is C14H24FN3O. The van der Waals surface area contributed by atoms with Gasteiger partial charge in [0.25, 0.3) is 0 Å². The fraction of sp³-hybridized carbons (Fsp3) is 0.571. The van der Waals surface area contributed by atoms with Crippen LogP contribution in [-0.4, -0.2) is 31.6 Å². The van der Waals surface area contributed by atoms with Crippen molar-refractivity contribution in [3.05, 3.63) is 29.6 Å². The lowest BCUT2D eigenvalue weighted by Gasteiger charge is -2.42. The van der Waals surface area contributed by atoms with Crippen molar-refractivity contribution in [3.8, 4) is 5.75 Å². The quantitative estimate of drug-likeness (QED) is 0.613. The predicted molar refractivity (Wildman–Crippen MR) is 75.4 cm³/mol. The van der Waals surface area contributed by atoms with Gasteiger partial charge >= 0.3 is 0 Å². The normalized spacial score (nSPS) is 16.2. The molecule has 4 nitrogen and oxygen atoms in total. The van der Waals surface area contributed by atoms with Crippen LogP contribution in [0.5, 0.6) is 5.75 Å². The molecule has 0 amide bonds. The Bertz CT molecular complexity index is 425. The monoisotopic (exact) mass is 269 g/mol. The van der Waals surface area contributed by atoms with E-state index >= 15 is 0 Å². The fourth-order valence-corrected chi connectivity index (χ4v) is 2.31. The number of nitrogens with one attached hydrogen (secondary N) is 1. The summed E-state index contributed by atoms with van der Waals surface area (Å²) in [4.78, 5) is 2.09. The van der Waals surface area contributed by atoms with Gasteiger partial charge in [0.15, 0.2) is 0 Å². The lowest BCUT2D eigenvalue weighted by atomic mass is 9.83. The minimum atomic E-state index is -0.298. The maximum Gasteiger partial charge on any atom is 0.123 e. The molecule has 0 saturated heterocycles. The average Bonchev–Trinajstić information content (AvgIpc) is 2.39. The van der Waals surface area contributed by atoms with E-state index in [9.17, 15) is 4.39 Å². The Kier molecular flexibility index (Phi) is 5.29. The van der Waals surface area contributed by atoms with Crippen molar-refractivity contribution < 1.29 is 9.13 Å². The number of nitrogens with zero attached hydrogens (tertiary/aromatic N) is 1. The van der Waals surface area contributed by atoms with Crippen LogP contribution in [0.2, 0.25) is 0 Å². The van der Waals surface area contributed by atoms with E-state index < -0.39 is 0 Å². The van der Waals surface area contributed by atoms with Gasteiger partial charge in [-0.1, -0.05) is 6.92 Å². The van der Waals surface area contributed by atoms with Crippen LogP contribution in [0, 0.1) is 5.82 Å². The van der Waals surface area contributed by atoms with Crippen molar-refractivity contribution in [2.45, 2.75) is 31.8 Å². The fourth-order valence-electron chi connectivity index (χ4n) is 2.31. The number of hydrogen-bond acceptors (Lipinski definition) is 4. The van der Waals surface area contributed by atoms with Gasteiger partial charge in [-0.2, -0.15) is 0 Å². The number of hydrazine groups is 1. The third kappa shape index (κ3) is 3.05. The molecule has 0 radical (unpaired) electrons. The summed E-state index contributed by atoms with van der Waals surface area (Å²) in [6.45, 7) is 4.16. The molecule has 5 heteroatoms. The van der Waals surface area contributed by atoms with Gasteiger partial charge in [0.2, 0.25) is 0 Å². The molecule has 2 unspecified atom stereocenters. The van der Waals surface area contributed by atoms with Crippen LogP contribution in [0.1, 0.15) is 31.9 Å². The summed E-state index contributed by atoms with van der Waals surface area (Å²) >= 11 is 0. The zero-order chi connectivity index (χ0) is 14.6. The Balaban J connectivity index is 3.33. The highest BCUT2D eigenvalue weighted by Gasteiger charge is 2.37. The first kappa shape index (κ1) is 15.9. The van der Waals surface area contributed by atoms with Crippen molar-refractivity contribution >= 4 is 0 Å². The number of ether oxygens (including phenoxy) is 1. The molecule has 108 valence electrons.